The average Bonchev–Trinajstić information content (AvgIpc) is 3.06. The highest BCUT2D eigenvalue weighted by atomic mass is 16.6. The molecule has 2 aromatic heterocycles. The molecule has 0 saturated carbocycles. The SMILES string of the molecule is C=CC(=O)N1C[C@H](Nc2ncnc3[nH]cc(C(=O)OC(C)(C)C)c23)CC[C@@H]1C. The number of carbonyl (C=O) groups excluding carboxylic acids is 2. The first-order valence-electron chi connectivity index (χ1n) is 9.44. The van der Waals surface area contributed by atoms with E-state index in [1.165, 1.54) is 12.4 Å². The molecule has 0 spiro atoms. The van der Waals surface area contributed by atoms with Gasteiger partial charge in [0.05, 0.1) is 10.9 Å². The highest BCUT2D eigenvalue weighted by Gasteiger charge is 2.29. The van der Waals surface area contributed by atoms with Gasteiger partial charge in [-0.15, -0.1) is 0 Å². The van der Waals surface area contributed by atoms with E-state index in [0.717, 1.165) is 12.8 Å². The highest BCUT2D eigenvalue weighted by Crippen LogP contribution is 2.28. The van der Waals surface area contributed by atoms with Gasteiger partial charge in [0.2, 0.25) is 5.91 Å². The van der Waals surface area contributed by atoms with Crippen LogP contribution in [0, 0.1) is 0 Å². The molecule has 0 radical (unpaired) electrons. The molecule has 0 unspecified atom stereocenters. The van der Waals surface area contributed by atoms with Gasteiger partial charge in [-0.05, 0) is 46.6 Å². The number of carbonyl (C=O) groups is 2. The minimum absolute atomic E-state index is 0.0135. The number of H-pyrrole nitrogens is 1. The zero-order valence-electron chi connectivity index (χ0n) is 16.8. The summed E-state index contributed by atoms with van der Waals surface area (Å²) in [5.41, 5.74) is 0.340. The van der Waals surface area contributed by atoms with Gasteiger partial charge in [-0.3, -0.25) is 4.79 Å². The number of hydrogen-bond donors (Lipinski definition) is 2. The molecule has 2 aromatic rings. The summed E-state index contributed by atoms with van der Waals surface area (Å²) in [4.78, 5) is 38.1. The smallest absolute Gasteiger partial charge is 0.341 e. The maximum absolute atomic E-state index is 12.6. The molecule has 1 aliphatic heterocycles. The zero-order chi connectivity index (χ0) is 20.5. The van der Waals surface area contributed by atoms with E-state index < -0.39 is 11.6 Å². The summed E-state index contributed by atoms with van der Waals surface area (Å²) in [6.07, 6.45) is 6.14. The van der Waals surface area contributed by atoms with Gasteiger partial charge >= 0.3 is 5.97 Å². The van der Waals surface area contributed by atoms with Crippen LogP contribution in [0.1, 0.15) is 50.9 Å². The number of fused-ring (bicyclic) bond motifs is 1. The molecule has 28 heavy (non-hydrogen) atoms. The number of nitrogens with one attached hydrogen (secondary N) is 2. The van der Waals surface area contributed by atoms with Gasteiger partial charge in [-0.2, -0.15) is 0 Å². The fourth-order valence-corrected chi connectivity index (χ4v) is 3.41. The Morgan fingerprint density at radius 1 is 1.36 bits per heavy atom. The molecule has 3 heterocycles. The van der Waals surface area contributed by atoms with E-state index in [1.54, 1.807) is 11.1 Å². The number of anilines is 1. The van der Waals surface area contributed by atoms with Crippen LogP contribution in [-0.2, 0) is 9.53 Å². The molecule has 1 aliphatic rings. The van der Waals surface area contributed by atoms with Gasteiger partial charge in [0.15, 0.2) is 0 Å². The molecule has 150 valence electrons. The zero-order valence-corrected chi connectivity index (χ0v) is 16.8. The van der Waals surface area contributed by atoms with Crippen molar-refractivity contribution < 1.29 is 14.3 Å². The Morgan fingerprint density at radius 3 is 2.79 bits per heavy atom. The number of aromatic nitrogens is 3. The fourth-order valence-electron chi connectivity index (χ4n) is 3.41. The normalized spacial score (nSPS) is 20.1. The second kappa shape index (κ2) is 7.61. The minimum atomic E-state index is -0.602. The van der Waals surface area contributed by atoms with Crippen molar-refractivity contribution in [3.63, 3.8) is 0 Å². The van der Waals surface area contributed by atoms with Crippen LogP contribution >= 0.6 is 0 Å². The molecule has 0 aliphatic carbocycles. The fraction of sp³-hybridized carbons (Fsp3) is 0.500. The first-order chi connectivity index (χ1) is 13.2. The minimum Gasteiger partial charge on any atom is -0.456 e. The first kappa shape index (κ1) is 19.9. The largest absolute Gasteiger partial charge is 0.456 e. The number of hydrogen-bond acceptors (Lipinski definition) is 6. The summed E-state index contributed by atoms with van der Waals surface area (Å²) < 4.78 is 5.51. The molecule has 8 nitrogen and oxygen atoms in total. The lowest BCUT2D eigenvalue weighted by atomic mass is 9.99. The van der Waals surface area contributed by atoms with Crippen LogP contribution in [0.3, 0.4) is 0 Å². The molecular weight excluding hydrogens is 358 g/mol. The third kappa shape index (κ3) is 4.16. The van der Waals surface area contributed by atoms with Crippen LogP contribution in [0.25, 0.3) is 11.0 Å². The van der Waals surface area contributed by atoms with Gasteiger partial charge in [0, 0.05) is 24.8 Å². The number of likely N-dealkylation sites (tertiary alicyclic amines) is 1. The molecule has 2 atom stereocenters. The average molecular weight is 385 g/mol. The Labute approximate surface area is 164 Å². The van der Waals surface area contributed by atoms with Gasteiger partial charge in [-0.1, -0.05) is 6.58 Å². The third-order valence-corrected chi connectivity index (χ3v) is 4.77. The van der Waals surface area contributed by atoms with Crippen molar-refractivity contribution in [2.45, 2.75) is 58.2 Å². The Bertz CT molecular complexity index is 899. The topological polar surface area (TPSA) is 100 Å². The van der Waals surface area contributed by atoms with E-state index in [2.05, 4.69) is 26.8 Å². The van der Waals surface area contributed by atoms with Crippen LogP contribution in [0.5, 0.6) is 0 Å². The highest BCUT2D eigenvalue weighted by molar-refractivity contribution is 6.07. The summed E-state index contributed by atoms with van der Waals surface area (Å²) in [5.74, 6) is 0.0397. The van der Waals surface area contributed by atoms with Crippen molar-refractivity contribution in [1.29, 1.82) is 0 Å². The number of esters is 1. The van der Waals surface area contributed by atoms with E-state index in [0.29, 0.717) is 29.0 Å². The number of piperidine rings is 1. The van der Waals surface area contributed by atoms with Gasteiger partial charge in [0.1, 0.15) is 23.4 Å². The van der Waals surface area contributed by atoms with E-state index in [-0.39, 0.29) is 18.0 Å². The van der Waals surface area contributed by atoms with Crippen molar-refractivity contribution >= 4 is 28.7 Å². The van der Waals surface area contributed by atoms with Crippen LogP contribution in [-0.4, -0.2) is 56.0 Å². The molecule has 0 aromatic carbocycles. The van der Waals surface area contributed by atoms with Gasteiger partial charge < -0.3 is 19.9 Å². The van der Waals surface area contributed by atoms with Crippen molar-refractivity contribution in [3.8, 4) is 0 Å². The maximum Gasteiger partial charge on any atom is 0.341 e. The standard InChI is InChI=1S/C20H27N5O3/c1-6-15(26)25-10-13(8-7-12(25)2)24-18-16-14(19(27)28-20(3,4)5)9-21-17(16)22-11-23-18/h6,9,11-13H,1,7-8,10H2,2-5H3,(H2,21,22,23,24)/t12-,13+/m0/s1. The lowest BCUT2D eigenvalue weighted by molar-refractivity contribution is -0.129. The van der Waals surface area contributed by atoms with Crippen LogP contribution < -0.4 is 5.32 Å². The number of amides is 1. The predicted octanol–water partition coefficient (Wildman–Crippen LogP) is 2.89. The Kier molecular flexibility index (Phi) is 5.40. The number of nitrogens with zero attached hydrogens (tertiary/aromatic N) is 3. The second-order valence-corrected chi connectivity index (χ2v) is 8.11. The Balaban J connectivity index is 1.87. The van der Waals surface area contributed by atoms with Crippen LogP contribution in [0.15, 0.2) is 25.2 Å². The summed E-state index contributed by atoms with van der Waals surface area (Å²) in [6.45, 7) is 11.6. The van der Waals surface area contributed by atoms with E-state index >= 15 is 0 Å². The quantitative estimate of drug-likeness (QED) is 0.620. The van der Waals surface area contributed by atoms with E-state index in [4.69, 9.17) is 4.74 Å². The summed E-state index contributed by atoms with van der Waals surface area (Å²) >= 11 is 0. The molecular formula is C20H27N5O3. The summed E-state index contributed by atoms with van der Waals surface area (Å²) in [6, 6.07) is 0.179. The lowest BCUT2D eigenvalue weighted by Gasteiger charge is -2.38. The van der Waals surface area contributed by atoms with Crippen molar-refractivity contribution in [3.05, 3.63) is 30.7 Å². The Hall–Kier alpha value is -2.90. The first-order valence-corrected chi connectivity index (χ1v) is 9.44. The number of rotatable bonds is 4. The maximum atomic E-state index is 12.6. The monoisotopic (exact) mass is 385 g/mol. The lowest BCUT2D eigenvalue weighted by Crippen LogP contribution is -2.49. The van der Waals surface area contributed by atoms with Crippen LogP contribution in [0.4, 0.5) is 5.82 Å². The summed E-state index contributed by atoms with van der Waals surface area (Å²) in [5, 5.41) is 3.98. The summed E-state index contributed by atoms with van der Waals surface area (Å²) in [7, 11) is 0. The molecule has 0 bridgehead atoms. The van der Waals surface area contributed by atoms with Crippen molar-refractivity contribution in [1.82, 2.24) is 19.9 Å². The molecule has 2 N–H and O–H groups in total. The molecule has 3 rings (SSSR count). The molecule has 8 heteroatoms. The predicted molar refractivity (Wildman–Crippen MR) is 107 cm³/mol. The molecule has 1 fully saturated rings. The van der Waals surface area contributed by atoms with E-state index in [1.807, 2.05) is 27.7 Å². The van der Waals surface area contributed by atoms with Gasteiger partial charge in [-0.25, -0.2) is 14.8 Å². The molecule has 1 amide bonds. The number of aromatic amines is 1. The third-order valence-electron chi connectivity index (χ3n) is 4.77. The Morgan fingerprint density at radius 2 is 2.11 bits per heavy atom. The second-order valence-electron chi connectivity index (χ2n) is 8.11. The van der Waals surface area contributed by atoms with Crippen LogP contribution in [0.2, 0.25) is 0 Å². The van der Waals surface area contributed by atoms with Gasteiger partial charge in [0.25, 0.3) is 0 Å². The van der Waals surface area contributed by atoms with E-state index in [9.17, 15) is 9.59 Å². The van der Waals surface area contributed by atoms with Crippen molar-refractivity contribution in [2.75, 3.05) is 11.9 Å². The van der Waals surface area contributed by atoms with Crippen molar-refractivity contribution in [2.24, 2.45) is 0 Å². The molecule has 1 saturated heterocycles. The number of ether oxygens (including phenoxy) is 1.